The van der Waals surface area contributed by atoms with E-state index in [1.165, 1.54) is 4.90 Å². The van der Waals surface area contributed by atoms with E-state index in [2.05, 4.69) is 0 Å². The molecule has 0 bridgehead atoms. The average molecular weight is 502 g/mol. The summed E-state index contributed by atoms with van der Waals surface area (Å²) in [5.41, 5.74) is 3.17. The molecule has 1 fully saturated rings. The molecule has 1 atom stereocenters. The van der Waals surface area contributed by atoms with Crippen LogP contribution in [0, 0.1) is 13.8 Å². The molecule has 1 amide bonds. The van der Waals surface area contributed by atoms with Crippen LogP contribution in [0.4, 0.5) is 5.69 Å². The number of hydrogen-bond acceptors (Lipinski definition) is 6. The fourth-order valence-corrected chi connectivity index (χ4v) is 4.65. The molecule has 7 nitrogen and oxygen atoms in total. The van der Waals surface area contributed by atoms with Gasteiger partial charge in [-0.05, 0) is 68.7 Å². The highest BCUT2D eigenvalue weighted by Crippen LogP contribution is 2.44. The monoisotopic (exact) mass is 501 g/mol. The molecule has 0 spiro atoms. The number of carbonyl (C=O) groups is 2. The van der Waals surface area contributed by atoms with Crippen LogP contribution >= 0.6 is 0 Å². The van der Waals surface area contributed by atoms with E-state index in [4.69, 9.17) is 14.2 Å². The molecule has 1 saturated heterocycles. The zero-order valence-electron chi connectivity index (χ0n) is 21.7. The van der Waals surface area contributed by atoms with Crippen LogP contribution in [0.2, 0.25) is 0 Å². The first-order valence-electron chi connectivity index (χ1n) is 12.2. The van der Waals surface area contributed by atoms with Crippen LogP contribution in [0.1, 0.15) is 42.1 Å². The molecular formula is C30H31NO6. The van der Waals surface area contributed by atoms with E-state index in [9.17, 15) is 14.7 Å². The number of rotatable bonds is 8. The Balaban J connectivity index is 1.93. The van der Waals surface area contributed by atoms with Gasteiger partial charge >= 0.3 is 0 Å². The van der Waals surface area contributed by atoms with Gasteiger partial charge in [0.05, 0.1) is 31.9 Å². The van der Waals surface area contributed by atoms with Crippen molar-refractivity contribution in [2.45, 2.75) is 33.7 Å². The van der Waals surface area contributed by atoms with Gasteiger partial charge in [0.25, 0.3) is 11.7 Å². The van der Waals surface area contributed by atoms with E-state index >= 15 is 0 Å². The van der Waals surface area contributed by atoms with Crippen molar-refractivity contribution in [3.63, 3.8) is 0 Å². The molecule has 1 heterocycles. The van der Waals surface area contributed by atoms with Crippen LogP contribution < -0.4 is 19.1 Å². The topological polar surface area (TPSA) is 85.3 Å². The SMILES string of the molecule is CCOc1ccc(N2C(=O)C(=O)/C(=C(/O)c3cc(C)c(OC)cc3C)C2c2ccccc2)cc1OCC. The third-order valence-corrected chi connectivity index (χ3v) is 6.36. The van der Waals surface area contributed by atoms with Crippen molar-refractivity contribution >= 4 is 23.1 Å². The van der Waals surface area contributed by atoms with Gasteiger partial charge in [-0.2, -0.15) is 0 Å². The number of nitrogens with zero attached hydrogens (tertiary/aromatic N) is 1. The Bertz CT molecular complexity index is 1360. The van der Waals surface area contributed by atoms with Gasteiger partial charge in [-0.15, -0.1) is 0 Å². The Hall–Kier alpha value is -4.26. The molecule has 1 aliphatic heterocycles. The highest BCUT2D eigenvalue weighted by atomic mass is 16.5. The summed E-state index contributed by atoms with van der Waals surface area (Å²) in [6, 6.07) is 17.1. The molecule has 7 heteroatoms. The highest BCUT2D eigenvalue weighted by molar-refractivity contribution is 6.51. The molecule has 0 radical (unpaired) electrons. The molecule has 0 aromatic heterocycles. The number of amides is 1. The average Bonchev–Trinajstić information content (AvgIpc) is 3.16. The number of hydrogen-bond donors (Lipinski definition) is 1. The van der Waals surface area contributed by atoms with Gasteiger partial charge in [0, 0.05) is 17.3 Å². The summed E-state index contributed by atoms with van der Waals surface area (Å²) in [5, 5.41) is 11.5. The third kappa shape index (κ3) is 4.77. The molecule has 192 valence electrons. The zero-order chi connectivity index (χ0) is 26.7. The highest BCUT2D eigenvalue weighted by Gasteiger charge is 2.47. The third-order valence-electron chi connectivity index (χ3n) is 6.36. The fourth-order valence-electron chi connectivity index (χ4n) is 4.65. The number of benzene rings is 3. The summed E-state index contributed by atoms with van der Waals surface area (Å²) in [7, 11) is 1.58. The maximum absolute atomic E-state index is 13.5. The van der Waals surface area contributed by atoms with Gasteiger partial charge in [0.1, 0.15) is 11.5 Å². The minimum Gasteiger partial charge on any atom is -0.507 e. The second-order valence-corrected chi connectivity index (χ2v) is 8.71. The lowest BCUT2D eigenvalue weighted by Crippen LogP contribution is -2.29. The molecule has 0 saturated carbocycles. The van der Waals surface area contributed by atoms with Gasteiger partial charge < -0.3 is 19.3 Å². The second-order valence-electron chi connectivity index (χ2n) is 8.71. The van der Waals surface area contributed by atoms with E-state index in [1.54, 1.807) is 37.4 Å². The van der Waals surface area contributed by atoms with Gasteiger partial charge in [0.15, 0.2) is 11.5 Å². The maximum atomic E-state index is 13.5. The van der Waals surface area contributed by atoms with Gasteiger partial charge in [0.2, 0.25) is 0 Å². The smallest absolute Gasteiger partial charge is 0.300 e. The van der Waals surface area contributed by atoms with E-state index in [-0.39, 0.29) is 11.3 Å². The molecule has 1 aliphatic rings. The van der Waals surface area contributed by atoms with Crippen LogP contribution in [-0.4, -0.2) is 37.1 Å². The van der Waals surface area contributed by atoms with Crippen molar-refractivity contribution in [2.24, 2.45) is 0 Å². The Labute approximate surface area is 216 Å². The largest absolute Gasteiger partial charge is 0.507 e. The molecule has 0 aliphatic carbocycles. The van der Waals surface area contributed by atoms with E-state index in [1.807, 2.05) is 58.0 Å². The van der Waals surface area contributed by atoms with Crippen molar-refractivity contribution in [3.05, 3.63) is 88.5 Å². The lowest BCUT2D eigenvalue weighted by atomic mass is 9.93. The fraction of sp³-hybridized carbons (Fsp3) is 0.267. The minimum atomic E-state index is -0.838. The number of anilines is 1. The number of aliphatic hydroxyl groups excluding tert-OH is 1. The van der Waals surface area contributed by atoms with Gasteiger partial charge in [-0.3, -0.25) is 14.5 Å². The Kier molecular flexibility index (Phi) is 7.53. The van der Waals surface area contributed by atoms with Crippen molar-refractivity contribution in [1.82, 2.24) is 0 Å². The Morgan fingerprint density at radius 3 is 2.19 bits per heavy atom. The number of carbonyl (C=O) groups excluding carboxylic acids is 2. The summed E-state index contributed by atoms with van der Waals surface area (Å²) in [5.74, 6) is -0.0284. The molecule has 37 heavy (non-hydrogen) atoms. The molecule has 1 N–H and O–H groups in total. The van der Waals surface area contributed by atoms with Crippen LogP contribution in [0.5, 0.6) is 17.2 Å². The summed E-state index contributed by atoms with van der Waals surface area (Å²) >= 11 is 0. The normalized spacial score (nSPS) is 16.7. The lowest BCUT2D eigenvalue weighted by Gasteiger charge is -2.26. The standard InChI is InChI=1S/C30H31NO6/c1-6-36-23-14-13-21(17-25(23)37-7-2)31-27(20-11-9-8-10-12-20)26(29(33)30(31)34)28(32)22-15-19(4)24(35-5)16-18(22)3/h8-17,27,32H,6-7H2,1-5H3/b28-26+. The van der Waals surface area contributed by atoms with E-state index < -0.39 is 17.7 Å². The predicted molar refractivity (Wildman–Crippen MR) is 142 cm³/mol. The summed E-state index contributed by atoms with van der Waals surface area (Å²) < 4.78 is 16.8. The van der Waals surface area contributed by atoms with Crippen molar-refractivity contribution in [1.29, 1.82) is 0 Å². The number of ketones is 1. The quantitative estimate of drug-likeness (QED) is 0.241. The molecule has 3 aromatic rings. The number of aliphatic hydroxyl groups is 1. The Morgan fingerprint density at radius 2 is 1.54 bits per heavy atom. The lowest BCUT2D eigenvalue weighted by molar-refractivity contribution is -0.132. The van der Waals surface area contributed by atoms with Crippen LogP contribution in [0.3, 0.4) is 0 Å². The first-order valence-corrected chi connectivity index (χ1v) is 12.2. The van der Waals surface area contributed by atoms with Crippen LogP contribution in [-0.2, 0) is 9.59 Å². The molecular weight excluding hydrogens is 470 g/mol. The number of Topliss-reactive ketones (excluding diaryl/α,β-unsaturated/α-hetero) is 1. The molecule has 3 aromatic carbocycles. The number of methoxy groups -OCH3 is 1. The summed E-state index contributed by atoms with van der Waals surface area (Å²) in [4.78, 5) is 28.4. The van der Waals surface area contributed by atoms with Crippen LogP contribution in [0.15, 0.2) is 66.2 Å². The van der Waals surface area contributed by atoms with E-state index in [0.29, 0.717) is 47.3 Å². The maximum Gasteiger partial charge on any atom is 0.300 e. The molecule has 4 rings (SSSR count). The zero-order valence-corrected chi connectivity index (χ0v) is 21.7. The summed E-state index contributed by atoms with van der Waals surface area (Å²) in [6.07, 6.45) is 0. The first-order chi connectivity index (χ1) is 17.8. The second kappa shape index (κ2) is 10.8. The Morgan fingerprint density at radius 1 is 0.865 bits per heavy atom. The first kappa shape index (κ1) is 25.8. The van der Waals surface area contributed by atoms with Crippen molar-refractivity contribution < 1.29 is 28.9 Å². The van der Waals surface area contributed by atoms with E-state index in [0.717, 1.165) is 11.1 Å². The van der Waals surface area contributed by atoms with Gasteiger partial charge in [-0.25, -0.2) is 0 Å². The van der Waals surface area contributed by atoms with Crippen LogP contribution in [0.25, 0.3) is 5.76 Å². The summed E-state index contributed by atoms with van der Waals surface area (Å²) in [6.45, 7) is 8.27. The number of aryl methyl sites for hydroxylation is 2. The van der Waals surface area contributed by atoms with Gasteiger partial charge in [-0.1, -0.05) is 30.3 Å². The van der Waals surface area contributed by atoms with Crippen molar-refractivity contribution in [3.8, 4) is 17.2 Å². The molecule has 1 unspecified atom stereocenters. The minimum absolute atomic E-state index is 0.0238. The predicted octanol–water partition coefficient (Wildman–Crippen LogP) is 5.74. The number of ether oxygens (including phenoxy) is 3. The van der Waals surface area contributed by atoms with Crippen molar-refractivity contribution in [2.75, 3.05) is 25.2 Å².